The number of rotatable bonds is 7. The number of benzene rings is 2. The minimum absolute atomic E-state index is 0.131. The zero-order valence-corrected chi connectivity index (χ0v) is 15.9. The fraction of sp³-hybridized carbons (Fsp3) is 0.143. The first kappa shape index (κ1) is 19.8. The predicted molar refractivity (Wildman–Crippen MR) is 108 cm³/mol. The van der Waals surface area contributed by atoms with Crippen molar-refractivity contribution in [3.63, 3.8) is 0 Å². The third-order valence-electron chi connectivity index (χ3n) is 4.16. The molecule has 0 spiro atoms. The molecule has 2 aromatic carbocycles. The van der Waals surface area contributed by atoms with E-state index in [0.717, 1.165) is 11.1 Å². The molecule has 0 aliphatic rings. The van der Waals surface area contributed by atoms with E-state index in [1.165, 1.54) is 19.4 Å². The molecular weight excluding hydrogens is 374 g/mol. The van der Waals surface area contributed by atoms with Crippen LogP contribution in [0.5, 0.6) is 5.75 Å². The number of carbonyl (C=O) groups excluding carboxylic acids is 1. The Morgan fingerprint density at radius 1 is 1.21 bits per heavy atom. The standard InChI is InChI=1S/C21H19N3O5/c1-14-3-5-15(6-4-14)11-21(25)23-22-13-17-8-10-20(29-17)18-9-7-16(28-2)12-19(18)24(26)27/h3-10,12-13H,11H2,1-2H3,(H,23,25)/b22-13-. The first-order chi connectivity index (χ1) is 14.0. The molecule has 1 amide bonds. The third kappa shape index (κ3) is 5.07. The van der Waals surface area contributed by atoms with Crippen LogP contribution in [0.15, 0.2) is 64.1 Å². The molecule has 1 heterocycles. The number of nitro benzene ring substituents is 1. The van der Waals surface area contributed by atoms with Crippen molar-refractivity contribution in [3.05, 3.63) is 81.6 Å². The molecule has 0 fully saturated rings. The van der Waals surface area contributed by atoms with Gasteiger partial charge in [0, 0.05) is 0 Å². The van der Waals surface area contributed by atoms with Gasteiger partial charge in [-0.15, -0.1) is 0 Å². The van der Waals surface area contributed by atoms with Gasteiger partial charge in [0.05, 0.1) is 36.3 Å². The lowest BCUT2D eigenvalue weighted by molar-refractivity contribution is -0.384. The number of ether oxygens (including phenoxy) is 1. The topological polar surface area (TPSA) is 107 Å². The minimum Gasteiger partial charge on any atom is -0.497 e. The molecule has 3 aromatic rings. The van der Waals surface area contributed by atoms with Crippen LogP contribution in [0, 0.1) is 17.0 Å². The number of aryl methyl sites for hydroxylation is 1. The maximum Gasteiger partial charge on any atom is 0.284 e. The molecule has 0 unspecified atom stereocenters. The first-order valence-electron chi connectivity index (χ1n) is 8.76. The Bertz CT molecular complexity index is 1050. The van der Waals surface area contributed by atoms with Gasteiger partial charge in [-0.1, -0.05) is 29.8 Å². The van der Waals surface area contributed by atoms with Crippen LogP contribution in [-0.2, 0) is 11.2 Å². The lowest BCUT2D eigenvalue weighted by Crippen LogP contribution is -2.19. The first-order valence-corrected chi connectivity index (χ1v) is 8.76. The van der Waals surface area contributed by atoms with Crippen LogP contribution in [0.4, 0.5) is 5.69 Å². The van der Waals surface area contributed by atoms with Crippen molar-refractivity contribution in [3.8, 4) is 17.1 Å². The van der Waals surface area contributed by atoms with Gasteiger partial charge in [0.1, 0.15) is 17.3 Å². The molecule has 1 aromatic heterocycles. The number of hydrazone groups is 1. The molecule has 29 heavy (non-hydrogen) atoms. The quantitative estimate of drug-likeness (QED) is 0.373. The Labute approximate surface area is 167 Å². The van der Waals surface area contributed by atoms with Crippen molar-refractivity contribution in [2.45, 2.75) is 13.3 Å². The SMILES string of the molecule is COc1ccc(-c2ccc(/C=N\NC(=O)Cc3ccc(C)cc3)o2)c([N+](=O)[O-])c1. The summed E-state index contributed by atoms with van der Waals surface area (Å²) in [7, 11) is 1.44. The van der Waals surface area contributed by atoms with E-state index < -0.39 is 4.92 Å². The number of nitro groups is 1. The van der Waals surface area contributed by atoms with E-state index in [0.29, 0.717) is 22.8 Å². The number of carbonyl (C=O) groups is 1. The van der Waals surface area contributed by atoms with Crippen molar-refractivity contribution < 1.29 is 18.9 Å². The summed E-state index contributed by atoms with van der Waals surface area (Å²) in [5.74, 6) is 0.778. The van der Waals surface area contributed by atoms with Crippen molar-refractivity contribution in [2.24, 2.45) is 5.10 Å². The maximum absolute atomic E-state index is 12.0. The Kier molecular flexibility index (Phi) is 6.03. The van der Waals surface area contributed by atoms with Crippen LogP contribution in [-0.4, -0.2) is 24.2 Å². The van der Waals surface area contributed by atoms with Gasteiger partial charge >= 0.3 is 0 Å². The van der Waals surface area contributed by atoms with Gasteiger partial charge in [-0.05, 0) is 36.8 Å². The minimum atomic E-state index is -0.501. The molecule has 0 aliphatic heterocycles. The van der Waals surface area contributed by atoms with E-state index in [-0.39, 0.29) is 18.0 Å². The summed E-state index contributed by atoms with van der Waals surface area (Å²) in [5, 5.41) is 15.2. The lowest BCUT2D eigenvalue weighted by atomic mass is 10.1. The average Bonchev–Trinajstić information content (AvgIpc) is 3.18. The Balaban J connectivity index is 1.66. The van der Waals surface area contributed by atoms with E-state index in [2.05, 4.69) is 10.5 Å². The fourth-order valence-electron chi connectivity index (χ4n) is 2.66. The fourth-order valence-corrected chi connectivity index (χ4v) is 2.66. The molecule has 3 rings (SSSR count). The molecule has 0 aliphatic carbocycles. The Hall–Kier alpha value is -3.94. The van der Waals surface area contributed by atoms with Crippen molar-refractivity contribution in [1.82, 2.24) is 5.43 Å². The summed E-state index contributed by atoms with van der Waals surface area (Å²) >= 11 is 0. The second-order valence-corrected chi connectivity index (χ2v) is 6.30. The van der Waals surface area contributed by atoms with E-state index in [9.17, 15) is 14.9 Å². The lowest BCUT2D eigenvalue weighted by Gasteiger charge is -2.03. The van der Waals surface area contributed by atoms with Crippen LogP contribution < -0.4 is 10.2 Å². The van der Waals surface area contributed by atoms with Gasteiger partial charge in [0.2, 0.25) is 5.91 Å². The molecule has 0 radical (unpaired) electrons. The predicted octanol–water partition coefficient (Wildman–Crippen LogP) is 3.86. The molecule has 1 N–H and O–H groups in total. The van der Waals surface area contributed by atoms with Crippen LogP contribution in [0.2, 0.25) is 0 Å². The van der Waals surface area contributed by atoms with Gasteiger partial charge in [-0.25, -0.2) is 5.43 Å². The zero-order chi connectivity index (χ0) is 20.8. The number of hydrogen-bond acceptors (Lipinski definition) is 6. The van der Waals surface area contributed by atoms with Gasteiger partial charge in [0.15, 0.2) is 0 Å². The molecule has 0 bridgehead atoms. The normalized spacial score (nSPS) is 10.8. The summed E-state index contributed by atoms with van der Waals surface area (Å²) in [5.41, 5.74) is 4.63. The average molecular weight is 393 g/mol. The van der Waals surface area contributed by atoms with Crippen LogP contribution in [0.25, 0.3) is 11.3 Å². The highest BCUT2D eigenvalue weighted by Gasteiger charge is 2.19. The zero-order valence-electron chi connectivity index (χ0n) is 15.9. The summed E-state index contributed by atoms with van der Waals surface area (Å²) in [6.45, 7) is 1.98. The van der Waals surface area contributed by atoms with E-state index >= 15 is 0 Å². The van der Waals surface area contributed by atoms with Gasteiger partial charge < -0.3 is 9.15 Å². The monoisotopic (exact) mass is 393 g/mol. The number of nitrogens with zero attached hydrogens (tertiary/aromatic N) is 2. The molecule has 0 atom stereocenters. The van der Waals surface area contributed by atoms with Gasteiger partial charge in [0.25, 0.3) is 5.69 Å². The van der Waals surface area contributed by atoms with Crippen molar-refractivity contribution in [2.75, 3.05) is 7.11 Å². The summed E-state index contributed by atoms with van der Waals surface area (Å²) in [4.78, 5) is 22.8. The van der Waals surface area contributed by atoms with E-state index in [4.69, 9.17) is 9.15 Å². The molecule has 8 nitrogen and oxygen atoms in total. The second-order valence-electron chi connectivity index (χ2n) is 6.30. The summed E-state index contributed by atoms with van der Waals surface area (Å²) < 4.78 is 10.6. The third-order valence-corrected chi connectivity index (χ3v) is 4.16. The van der Waals surface area contributed by atoms with Gasteiger partial charge in [-0.2, -0.15) is 5.10 Å². The molecule has 148 valence electrons. The van der Waals surface area contributed by atoms with E-state index in [1.54, 1.807) is 24.3 Å². The molecular formula is C21H19N3O5. The van der Waals surface area contributed by atoms with Crippen LogP contribution in [0.1, 0.15) is 16.9 Å². The highest BCUT2D eigenvalue weighted by atomic mass is 16.6. The maximum atomic E-state index is 12.0. The highest BCUT2D eigenvalue weighted by Crippen LogP contribution is 2.33. The smallest absolute Gasteiger partial charge is 0.284 e. The molecule has 8 heteroatoms. The number of nitrogens with one attached hydrogen (secondary N) is 1. The van der Waals surface area contributed by atoms with E-state index in [1.807, 2.05) is 31.2 Å². The summed E-state index contributed by atoms with van der Waals surface area (Å²) in [6.07, 6.45) is 1.55. The molecule has 0 saturated heterocycles. The largest absolute Gasteiger partial charge is 0.497 e. The number of hydrogen-bond donors (Lipinski definition) is 1. The van der Waals surface area contributed by atoms with Gasteiger partial charge in [-0.3, -0.25) is 14.9 Å². The number of methoxy groups -OCH3 is 1. The van der Waals surface area contributed by atoms with Crippen LogP contribution >= 0.6 is 0 Å². The van der Waals surface area contributed by atoms with Crippen molar-refractivity contribution in [1.29, 1.82) is 0 Å². The Morgan fingerprint density at radius 2 is 1.97 bits per heavy atom. The number of furan rings is 1. The van der Waals surface area contributed by atoms with Crippen molar-refractivity contribution >= 4 is 17.8 Å². The Morgan fingerprint density at radius 3 is 2.66 bits per heavy atom. The molecule has 0 saturated carbocycles. The highest BCUT2D eigenvalue weighted by molar-refractivity contribution is 5.82. The number of amides is 1. The van der Waals surface area contributed by atoms with Crippen LogP contribution in [0.3, 0.4) is 0 Å². The second kappa shape index (κ2) is 8.83. The summed E-state index contributed by atoms with van der Waals surface area (Å²) in [6, 6.07) is 15.4.